The Balaban J connectivity index is 2.09. The first-order chi connectivity index (χ1) is 12.0. The van der Waals surface area contributed by atoms with Gasteiger partial charge in [0.25, 0.3) is 5.91 Å². The molecule has 0 unspecified atom stereocenters. The molecule has 0 saturated carbocycles. The van der Waals surface area contributed by atoms with Gasteiger partial charge in [0.05, 0.1) is 11.4 Å². The predicted octanol–water partition coefficient (Wildman–Crippen LogP) is 2.54. The number of nitrogens with zero attached hydrogens (tertiary/aromatic N) is 3. The van der Waals surface area contributed by atoms with Gasteiger partial charge in [-0.05, 0) is 37.3 Å². The molecule has 6 heteroatoms. The molecule has 25 heavy (non-hydrogen) atoms. The maximum atomic E-state index is 11.6. The van der Waals surface area contributed by atoms with Crippen LogP contribution < -0.4 is 10.6 Å². The van der Waals surface area contributed by atoms with E-state index in [-0.39, 0.29) is 5.69 Å². The molecule has 0 spiro atoms. The highest BCUT2D eigenvalue weighted by atomic mass is 16.1. The lowest BCUT2D eigenvalue weighted by Gasteiger charge is -2.12. The van der Waals surface area contributed by atoms with Crippen molar-refractivity contribution < 1.29 is 9.59 Å². The van der Waals surface area contributed by atoms with Crippen LogP contribution >= 0.6 is 0 Å². The summed E-state index contributed by atoms with van der Waals surface area (Å²) >= 11 is 0. The molecular weight excluding hydrogens is 316 g/mol. The first kappa shape index (κ1) is 16.4. The number of hydrogen-bond acceptors (Lipinski definition) is 3. The molecule has 0 atom stereocenters. The van der Waals surface area contributed by atoms with Crippen LogP contribution in [0.2, 0.25) is 0 Å². The standard InChI is InChI=1S/C19H18N4O2/c1-13-3-5-14(6-4-13)18-11-17(19(20)25)21-23(18)16-9-7-15(8-10-16)22(2)12-24/h3-12H,1-2H3,(H2,20,25). The lowest BCUT2D eigenvalue weighted by molar-refractivity contribution is -0.107. The lowest BCUT2D eigenvalue weighted by atomic mass is 10.1. The largest absolute Gasteiger partial charge is 0.364 e. The van der Waals surface area contributed by atoms with E-state index in [0.29, 0.717) is 0 Å². The van der Waals surface area contributed by atoms with Gasteiger partial charge in [-0.25, -0.2) is 4.68 Å². The molecule has 0 bridgehead atoms. The molecule has 0 aliphatic heterocycles. The van der Waals surface area contributed by atoms with Gasteiger partial charge in [0.2, 0.25) is 6.41 Å². The van der Waals surface area contributed by atoms with Crippen molar-refractivity contribution in [3.63, 3.8) is 0 Å². The van der Waals surface area contributed by atoms with Crippen molar-refractivity contribution in [2.24, 2.45) is 5.73 Å². The number of nitrogens with two attached hydrogens (primary N) is 1. The summed E-state index contributed by atoms with van der Waals surface area (Å²) in [5, 5.41) is 4.33. The first-order valence-corrected chi connectivity index (χ1v) is 7.75. The molecule has 2 aromatic carbocycles. The summed E-state index contributed by atoms with van der Waals surface area (Å²) in [6, 6.07) is 16.9. The number of hydrogen-bond donors (Lipinski definition) is 1. The third-order valence-corrected chi connectivity index (χ3v) is 3.97. The van der Waals surface area contributed by atoms with Gasteiger partial charge < -0.3 is 10.6 Å². The predicted molar refractivity (Wildman–Crippen MR) is 96.7 cm³/mol. The quantitative estimate of drug-likeness (QED) is 0.728. The molecule has 0 radical (unpaired) electrons. The summed E-state index contributed by atoms with van der Waals surface area (Å²) in [6.45, 7) is 2.01. The van der Waals surface area contributed by atoms with Crippen molar-refractivity contribution in [3.05, 3.63) is 65.9 Å². The summed E-state index contributed by atoms with van der Waals surface area (Å²) in [7, 11) is 1.68. The second-order valence-electron chi connectivity index (χ2n) is 5.79. The van der Waals surface area contributed by atoms with E-state index in [1.54, 1.807) is 17.8 Å². The topological polar surface area (TPSA) is 81.2 Å². The Kier molecular flexibility index (Phi) is 4.35. The van der Waals surface area contributed by atoms with E-state index in [0.717, 1.165) is 34.6 Å². The molecule has 3 rings (SSSR count). The van der Waals surface area contributed by atoms with Crippen LogP contribution in [-0.4, -0.2) is 29.1 Å². The highest BCUT2D eigenvalue weighted by molar-refractivity contribution is 5.92. The first-order valence-electron chi connectivity index (χ1n) is 7.75. The third kappa shape index (κ3) is 3.28. The Morgan fingerprint density at radius 2 is 1.76 bits per heavy atom. The van der Waals surface area contributed by atoms with Crippen LogP contribution in [0.1, 0.15) is 16.1 Å². The molecule has 2 N–H and O–H groups in total. The lowest BCUT2D eigenvalue weighted by Crippen LogP contribution is -2.14. The van der Waals surface area contributed by atoms with E-state index in [1.807, 2.05) is 55.5 Å². The van der Waals surface area contributed by atoms with Gasteiger partial charge in [0.1, 0.15) is 0 Å². The van der Waals surface area contributed by atoms with Gasteiger partial charge in [-0.2, -0.15) is 5.10 Å². The van der Waals surface area contributed by atoms with E-state index in [9.17, 15) is 9.59 Å². The summed E-state index contributed by atoms with van der Waals surface area (Å²) in [6.07, 6.45) is 0.742. The van der Waals surface area contributed by atoms with Gasteiger partial charge in [0.15, 0.2) is 5.69 Å². The minimum atomic E-state index is -0.579. The molecule has 6 nitrogen and oxygen atoms in total. The Morgan fingerprint density at radius 3 is 2.32 bits per heavy atom. The van der Waals surface area contributed by atoms with Gasteiger partial charge in [0, 0.05) is 18.3 Å². The second-order valence-corrected chi connectivity index (χ2v) is 5.79. The molecule has 0 aliphatic carbocycles. The van der Waals surface area contributed by atoms with Gasteiger partial charge in [-0.1, -0.05) is 29.8 Å². The molecule has 0 saturated heterocycles. The van der Waals surface area contributed by atoms with Crippen molar-refractivity contribution in [3.8, 4) is 16.9 Å². The zero-order valence-corrected chi connectivity index (χ0v) is 14.0. The van der Waals surface area contributed by atoms with E-state index in [4.69, 9.17) is 5.73 Å². The number of anilines is 1. The summed E-state index contributed by atoms with van der Waals surface area (Å²) in [4.78, 5) is 23.9. The Bertz CT molecular complexity index is 912. The summed E-state index contributed by atoms with van der Waals surface area (Å²) in [5.74, 6) is -0.579. The number of aromatic nitrogens is 2. The fraction of sp³-hybridized carbons (Fsp3) is 0.105. The Hall–Kier alpha value is -3.41. The minimum Gasteiger partial charge on any atom is -0.364 e. The van der Waals surface area contributed by atoms with Crippen LogP contribution in [0.4, 0.5) is 5.69 Å². The van der Waals surface area contributed by atoms with Crippen LogP contribution in [-0.2, 0) is 4.79 Å². The number of amides is 2. The highest BCUT2D eigenvalue weighted by Gasteiger charge is 2.15. The van der Waals surface area contributed by atoms with Crippen molar-refractivity contribution in [2.45, 2.75) is 6.92 Å². The Labute approximate surface area is 145 Å². The number of aryl methyl sites for hydroxylation is 1. The molecule has 126 valence electrons. The van der Waals surface area contributed by atoms with E-state index < -0.39 is 5.91 Å². The molecule has 0 aliphatic rings. The van der Waals surface area contributed by atoms with Crippen LogP contribution in [0.5, 0.6) is 0 Å². The van der Waals surface area contributed by atoms with E-state index in [1.165, 1.54) is 4.90 Å². The molecule has 1 aromatic heterocycles. The number of benzene rings is 2. The van der Waals surface area contributed by atoms with Crippen LogP contribution in [0, 0.1) is 6.92 Å². The SMILES string of the molecule is Cc1ccc(-c2cc(C(N)=O)nn2-c2ccc(N(C)C=O)cc2)cc1. The second kappa shape index (κ2) is 6.60. The monoisotopic (exact) mass is 334 g/mol. The van der Waals surface area contributed by atoms with Gasteiger partial charge in [-0.3, -0.25) is 9.59 Å². The zero-order chi connectivity index (χ0) is 18.0. The van der Waals surface area contributed by atoms with Crippen LogP contribution in [0.15, 0.2) is 54.6 Å². The molecule has 0 fully saturated rings. The Morgan fingerprint density at radius 1 is 1.12 bits per heavy atom. The van der Waals surface area contributed by atoms with Gasteiger partial charge >= 0.3 is 0 Å². The minimum absolute atomic E-state index is 0.199. The van der Waals surface area contributed by atoms with Crippen molar-refractivity contribution in [1.82, 2.24) is 9.78 Å². The molecule has 3 aromatic rings. The average Bonchev–Trinajstić information content (AvgIpc) is 3.07. The zero-order valence-electron chi connectivity index (χ0n) is 14.0. The molecule has 1 heterocycles. The fourth-order valence-electron chi connectivity index (χ4n) is 2.52. The van der Waals surface area contributed by atoms with E-state index in [2.05, 4.69) is 5.10 Å². The molecule has 2 amide bonds. The number of carbonyl (C=O) groups is 2. The maximum absolute atomic E-state index is 11.6. The van der Waals surface area contributed by atoms with E-state index >= 15 is 0 Å². The van der Waals surface area contributed by atoms with Crippen LogP contribution in [0.3, 0.4) is 0 Å². The number of rotatable bonds is 5. The van der Waals surface area contributed by atoms with Gasteiger partial charge in [-0.15, -0.1) is 0 Å². The average molecular weight is 334 g/mol. The molecular formula is C19H18N4O2. The van der Waals surface area contributed by atoms with Crippen molar-refractivity contribution in [2.75, 3.05) is 11.9 Å². The van der Waals surface area contributed by atoms with Crippen LogP contribution in [0.25, 0.3) is 16.9 Å². The maximum Gasteiger partial charge on any atom is 0.269 e. The normalized spacial score (nSPS) is 10.5. The summed E-state index contributed by atoms with van der Waals surface area (Å²) < 4.78 is 1.68. The summed E-state index contributed by atoms with van der Waals surface area (Å²) in [5.41, 5.74) is 9.97. The fourth-order valence-corrected chi connectivity index (χ4v) is 2.52. The number of carbonyl (C=O) groups excluding carboxylic acids is 2. The third-order valence-electron chi connectivity index (χ3n) is 3.97. The van der Waals surface area contributed by atoms with Crippen molar-refractivity contribution in [1.29, 1.82) is 0 Å². The smallest absolute Gasteiger partial charge is 0.269 e. The number of primary amides is 1. The van der Waals surface area contributed by atoms with Crippen molar-refractivity contribution >= 4 is 18.0 Å². The highest BCUT2D eigenvalue weighted by Crippen LogP contribution is 2.25.